The molecule has 0 fully saturated rings. The van der Waals surface area contributed by atoms with Crippen molar-refractivity contribution in [1.29, 1.82) is 0 Å². The standard InChI is InChI=1S/C23H37N7O7S/c1-38-10-8-15(24)19(33)28-16(3-2-9-27-23(25)26)20(34)30-18(12-31)21(35)29-17(22(36)37)11-13-4-6-14(32)7-5-13/h4-7,15-18,31-32H,2-3,8-12,24H2,1H3,(H,28,33)(H,29,35)(H,30,34)(H,36,37)(H4,25,26,27). The zero-order valence-corrected chi connectivity index (χ0v) is 21.9. The van der Waals surface area contributed by atoms with Crippen LogP contribution in [0.25, 0.3) is 0 Å². The van der Waals surface area contributed by atoms with Gasteiger partial charge in [-0.25, -0.2) is 4.79 Å². The molecule has 0 aliphatic rings. The SMILES string of the molecule is CSCCC(N)C(=O)NC(CCCN=C(N)N)C(=O)NC(CO)C(=O)NC(Cc1ccc(O)cc1)C(=O)O. The van der Waals surface area contributed by atoms with Crippen LogP contribution in [0.4, 0.5) is 0 Å². The number of carboxylic acids is 1. The number of thioether (sulfide) groups is 1. The lowest BCUT2D eigenvalue weighted by atomic mass is 10.1. The molecule has 0 saturated carbocycles. The first-order valence-electron chi connectivity index (χ1n) is 11.8. The molecule has 0 radical (unpaired) electrons. The fourth-order valence-electron chi connectivity index (χ4n) is 3.23. The van der Waals surface area contributed by atoms with Crippen molar-refractivity contribution in [2.24, 2.45) is 22.2 Å². The van der Waals surface area contributed by atoms with E-state index >= 15 is 0 Å². The van der Waals surface area contributed by atoms with Crippen LogP contribution in [0, 0.1) is 0 Å². The quantitative estimate of drug-likeness (QED) is 0.0556. The Hall–Kier alpha value is -3.56. The number of amides is 3. The molecule has 0 aliphatic carbocycles. The molecule has 1 aromatic rings. The molecule has 3 amide bonds. The number of aromatic hydroxyl groups is 1. The van der Waals surface area contributed by atoms with Crippen LogP contribution >= 0.6 is 11.8 Å². The maximum absolute atomic E-state index is 13.0. The summed E-state index contributed by atoms with van der Waals surface area (Å²) in [6.45, 7) is -0.646. The number of aliphatic carboxylic acids is 1. The molecule has 0 spiro atoms. The summed E-state index contributed by atoms with van der Waals surface area (Å²) in [6.07, 6.45) is 2.55. The second-order valence-electron chi connectivity index (χ2n) is 8.41. The van der Waals surface area contributed by atoms with Crippen LogP contribution in [0.3, 0.4) is 0 Å². The number of rotatable bonds is 17. The fourth-order valence-corrected chi connectivity index (χ4v) is 3.72. The minimum Gasteiger partial charge on any atom is -0.508 e. The molecule has 0 heterocycles. The molecule has 12 N–H and O–H groups in total. The van der Waals surface area contributed by atoms with Crippen molar-refractivity contribution >= 4 is 41.4 Å². The fraction of sp³-hybridized carbons (Fsp3) is 0.522. The average Bonchev–Trinajstić information content (AvgIpc) is 2.87. The molecule has 4 atom stereocenters. The predicted molar refractivity (Wildman–Crippen MR) is 143 cm³/mol. The van der Waals surface area contributed by atoms with E-state index in [0.717, 1.165) is 0 Å². The number of phenolic OH excluding ortho intramolecular Hbond substituents is 1. The van der Waals surface area contributed by atoms with Crippen LogP contribution in [-0.4, -0.2) is 94.3 Å². The van der Waals surface area contributed by atoms with E-state index in [-0.39, 0.29) is 31.1 Å². The maximum Gasteiger partial charge on any atom is 0.326 e. The number of phenols is 1. The van der Waals surface area contributed by atoms with Crippen molar-refractivity contribution < 1.29 is 34.5 Å². The smallest absolute Gasteiger partial charge is 0.326 e. The van der Waals surface area contributed by atoms with Gasteiger partial charge in [-0.15, -0.1) is 0 Å². The number of benzene rings is 1. The Bertz CT molecular complexity index is 958. The van der Waals surface area contributed by atoms with Crippen molar-refractivity contribution in [1.82, 2.24) is 16.0 Å². The first-order chi connectivity index (χ1) is 18.0. The summed E-state index contributed by atoms with van der Waals surface area (Å²) in [6, 6.07) is 0.913. The van der Waals surface area contributed by atoms with Gasteiger partial charge in [0, 0.05) is 13.0 Å². The molecule has 14 nitrogen and oxygen atoms in total. The predicted octanol–water partition coefficient (Wildman–Crippen LogP) is -2.40. The number of carboxylic acid groups (broad SMARTS) is 1. The number of aliphatic hydroxyl groups is 1. The third-order valence-corrected chi connectivity index (χ3v) is 6.00. The monoisotopic (exact) mass is 555 g/mol. The molecule has 0 saturated heterocycles. The van der Waals surface area contributed by atoms with E-state index in [0.29, 0.717) is 24.2 Å². The second-order valence-corrected chi connectivity index (χ2v) is 9.40. The highest BCUT2D eigenvalue weighted by Gasteiger charge is 2.30. The zero-order valence-electron chi connectivity index (χ0n) is 21.1. The first kappa shape index (κ1) is 32.5. The van der Waals surface area contributed by atoms with Crippen molar-refractivity contribution in [2.75, 3.05) is 25.2 Å². The lowest BCUT2D eigenvalue weighted by Gasteiger charge is -2.24. The highest BCUT2D eigenvalue weighted by molar-refractivity contribution is 7.98. The lowest BCUT2D eigenvalue weighted by Crippen LogP contribution is -2.58. The van der Waals surface area contributed by atoms with E-state index < -0.39 is 54.5 Å². The number of nitrogens with two attached hydrogens (primary N) is 3. The summed E-state index contributed by atoms with van der Waals surface area (Å²) >= 11 is 1.51. The van der Waals surface area contributed by atoms with Gasteiger partial charge in [-0.05, 0) is 49.0 Å². The molecule has 1 aromatic carbocycles. The molecular formula is C23H37N7O7S. The van der Waals surface area contributed by atoms with Gasteiger partial charge in [-0.2, -0.15) is 11.8 Å². The highest BCUT2D eigenvalue weighted by Crippen LogP contribution is 2.12. The number of carbonyl (C=O) groups excluding carboxylic acids is 3. The van der Waals surface area contributed by atoms with Crippen molar-refractivity contribution in [3.05, 3.63) is 29.8 Å². The summed E-state index contributed by atoms with van der Waals surface area (Å²) in [4.78, 5) is 53.7. The van der Waals surface area contributed by atoms with Gasteiger partial charge in [0.1, 0.15) is 23.9 Å². The number of carbonyl (C=O) groups is 4. The van der Waals surface area contributed by atoms with Crippen LogP contribution in [-0.2, 0) is 25.6 Å². The number of aliphatic imine (C=N–C) groups is 1. The van der Waals surface area contributed by atoms with Crippen LogP contribution < -0.4 is 33.2 Å². The van der Waals surface area contributed by atoms with E-state index in [1.54, 1.807) is 0 Å². The number of nitrogens with one attached hydrogen (secondary N) is 3. The van der Waals surface area contributed by atoms with E-state index in [2.05, 4.69) is 20.9 Å². The lowest BCUT2D eigenvalue weighted by molar-refractivity contribution is -0.142. The molecular weight excluding hydrogens is 518 g/mol. The van der Waals surface area contributed by atoms with E-state index in [1.807, 2.05) is 6.26 Å². The van der Waals surface area contributed by atoms with Crippen molar-refractivity contribution in [3.8, 4) is 5.75 Å². The second kappa shape index (κ2) is 17.0. The molecule has 38 heavy (non-hydrogen) atoms. The minimum atomic E-state index is -1.49. The molecule has 0 aromatic heterocycles. The van der Waals surface area contributed by atoms with Gasteiger partial charge in [0.2, 0.25) is 17.7 Å². The van der Waals surface area contributed by atoms with Gasteiger partial charge >= 0.3 is 5.97 Å². The molecule has 1 rings (SSSR count). The third kappa shape index (κ3) is 12.1. The summed E-state index contributed by atoms with van der Waals surface area (Å²) < 4.78 is 0. The summed E-state index contributed by atoms with van der Waals surface area (Å²) in [7, 11) is 0. The Morgan fingerprint density at radius 2 is 1.53 bits per heavy atom. The van der Waals surface area contributed by atoms with Gasteiger partial charge in [0.25, 0.3) is 0 Å². The van der Waals surface area contributed by atoms with Crippen molar-refractivity contribution in [3.63, 3.8) is 0 Å². The van der Waals surface area contributed by atoms with Crippen LogP contribution in [0.1, 0.15) is 24.8 Å². The van der Waals surface area contributed by atoms with E-state index in [4.69, 9.17) is 17.2 Å². The van der Waals surface area contributed by atoms with E-state index in [9.17, 15) is 34.5 Å². The van der Waals surface area contributed by atoms with E-state index in [1.165, 1.54) is 36.0 Å². The molecule has 212 valence electrons. The summed E-state index contributed by atoms with van der Waals surface area (Å²) in [5.74, 6) is -3.11. The minimum absolute atomic E-state index is 0.00197. The van der Waals surface area contributed by atoms with Crippen LogP contribution in [0.2, 0.25) is 0 Å². The first-order valence-corrected chi connectivity index (χ1v) is 13.2. The maximum atomic E-state index is 13.0. The topological polar surface area (TPSA) is 255 Å². The van der Waals surface area contributed by atoms with Gasteiger partial charge in [0.05, 0.1) is 12.6 Å². The largest absolute Gasteiger partial charge is 0.508 e. The normalized spacial score (nSPS) is 13.9. The molecule has 15 heteroatoms. The molecule has 0 aliphatic heterocycles. The van der Waals surface area contributed by atoms with Crippen molar-refractivity contribution in [2.45, 2.75) is 49.9 Å². The average molecular weight is 556 g/mol. The van der Waals surface area contributed by atoms with Gasteiger partial charge in [-0.3, -0.25) is 19.4 Å². The highest BCUT2D eigenvalue weighted by atomic mass is 32.2. The Labute approximate surface area is 224 Å². The number of guanidine groups is 1. The van der Waals surface area contributed by atoms with Gasteiger partial charge in [-0.1, -0.05) is 12.1 Å². The summed E-state index contributed by atoms with van der Waals surface area (Å²) in [5, 5.41) is 35.8. The summed E-state index contributed by atoms with van der Waals surface area (Å²) in [5.41, 5.74) is 17.0. The number of hydrogen-bond donors (Lipinski definition) is 9. The van der Waals surface area contributed by atoms with Crippen LogP contribution in [0.5, 0.6) is 5.75 Å². The molecule has 4 unspecified atom stereocenters. The van der Waals surface area contributed by atoms with Gasteiger partial charge in [0.15, 0.2) is 5.96 Å². The zero-order chi connectivity index (χ0) is 28.7. The number of hydrogen-bond acceptors (Lipinski definition) is 9. The number of nitrogens with zero attached hydrogens (tertiary/aromatic N) is 1. The molecule has 0 bridgehead atoms. The third-order valence-electron chi connectivity index (χ3n) is 5.35. The Morgan fingerprint density at radius 1 is 0.947 bits per heavy atom. The Balaban J connectivity index is 2.90. The Morgan fingerprint density at radius 3 is 2.08 bits per heavy atom. The van der Waals surface area contributed by atoms with Crippen LogP contribution in [0.15, 0.2) is 29.3 Å². The van der Waals surface area contributed by atoms with Gasteiger partial charge < -0.3 is 48.5 Å². The number of aliphatic hydroxyl groups excluding tert-OH is 1. The Kier molecular flexibility index (Phi) is 14.6.